The van der Waals surface area contributed by atoms with Gasteiger partial charge in [0.25, 0.3) is 0 Å². The van der Waals surface area contributed by atoms with Crippen molar-refractivity contribution in [1.29, 1.82) is 0 Å². The molecule has 0 radical (unpaired) electrons. The molecule has 0 rings (SSSR count). The maximum atomic E-state index is 10.1. The number of ether oxygens (including phenoxy) is 5. The number of esters is 1. The van der Waals surface area contributed by atoms with Crippen molar-refractivity contribution in [3.63, 3.8) is 0 Å². The van der Waals surface area contributed by atoms with Crippen molar-refractivity contribution in [3.05, 3.63) is 0 Å². The first kappa shape index (κ1) is 20.6. The standard InChI is InChI=1S/C6H12O4.C6H14O3/c1-6(8)10-5-4-9-3-2-7;1-7-3-5-9-6-4-8-2/h7H,2-5H2,1H3;3-6H2,1-2H3. The fraction of sp³-hybridized carbons (Fsp3) is 0.917. The highest BCUT2D eigenvalue weighted by atomic mass is 16.6. The van der Waals surface area contributed by atoms with E-state index in [4.69, 9.17) is 24.1 Å². The number of hydrogen-bond donors (Lipinski definition) is 1. The number of aliphatic hydroxyl groups excluding tert-OH is 1. The SMILES string of the molecule is CC(=O)OCCOCCO.COCCOCCOC. The lowest BCUT2D eigenvalue weighted by atomic mass is 10.7. The Kier molecular flexibility index (Phi) is 21.2. The predicted molar refractivity (Wildman–Crippen MR) is 69.1 cm³/mol. The van der Waals surface area contributed by atoms with Gasteiger partial charge in [-0.05, 0) is 0 Å². The van der Waals surface area contributed by atoms with Crippen molar-refractivity contribution in [2.45, 2.75) is 6.92 Å². The van der Waals surface area contributed by atoms with E-state index in [1.54, 1.807) is 14.2 Å². The van der Waals surface area contributed by atoms with Crippen LogP contribution in [0, 0.1) is 0 Å². The van der Waals surface area contributed by atoms with E-state index in [-0.39, 0.29) is 19.2 Å². The summed E-state index contributed by atoms with van der Waals surface area (Å²) in [6.07, 6.45) is 0. The van der Waals surface area contributed by atoms with Crippen LogP contribution in [0.2, 0.25) is 0 Å². The Bertz CT molecular complexity index is 169. The van der Waals surface area contributed by atoms with Gasteiger partial charge >= 0.3 is 5.97 Å². The maximum Gasteiger partial charge on any atom is 0.302 e. The Morgan fingerprint density at radius 3 is 1.74 bits per heavy atom. The summed E-state index contributed by atoms with van der Waals surface area (Å²) < 4.78 is 23.9. The molecule has 0 atom stereocenters. The summed E-state index contributed by atoms with van der Waals surface area (Å²) in [5.41, 5.74) is 0. The van der Waals surface area contributed by atoms with Crippen LogP contribution in [0.15, 0.2) is 0 Å². The summed E-state index contributed by atoms with van der Waals surface area (Å²) in [6.45, 7) is 4.86. The molecule has 0 spiro atoms. The molecule has 116 valence electrons. The largest absolute Gasteiger partial charge is 0.463 e. The number of rotatable bonds is 11. The first-order chi connectivity index (χ1) is 9.18. The quantitative estimate of drug-likeness (QED) is 0.417. The van der Waals surface area contributed by atoms with Gasteiger partial charge in [0.05, 0.1) is 46.2 Å². The molecule has 0 aromatic heterocycles. The Morgan fingerprint density at radius 1 is 0.842 bits per heavy atom. The van der Waals surface area contributed by atoms with Crippen molar-refractivity contribution < 1.29 is 33.6 Å². The van der Waals surface area contributed by atoms with Crippen LogP contribution in [-0.4, -0.2) is 78.2 Å². The molecule has 0 saturated heterocycles. The lowest BCUT2D eigenvalue weighted by Gasteiger charge is -2.01. The predicted octanol–water partition coefficient (Wildman–Crippen LogP) is -0.146. The molecule has 0 aromatic rings. The number of methoxy groups -OCH3 is 2. The van der Waals surface area contributed by atoms with Crippen molar-refractivity contribution in [1.82, 2.24) is 0 Å². The van der Waals surface area contributed by atoms with Crippen molar-refractivity contribution in [2.24, 2.45) is 0 Å². The molecule has 0 unspecified atom stereocenters. The van der Waals surface area contributed by atoms with E-state index < -0.39 is 0 Å². The van der Waals surface area contributed by atoms with E-state index in [0.717, 1.165) is 0 Å². The van der Waals surface area contributed by atoms with Gasteiger partial charge in [-0.2, -0.15) is 0 Å². The smallest absolute Gasteiger partial charge is 0.302 e. The van der Waals surface area contributed by atoms with Gasteiger partial charge in [0, 0.05) is 21.1 Å². The topological polar surface area (TPSA) is 83.5 Å². The second-order valence-electron chi connectivity index (χ2n) is 3.27. The molecule has 0 fully saturated rings. The van der Waals surface area contributed by atoms with Gasteiger partial charge in [-0.25, -0.2) is 0 Å². The molecule has 0 aliphatic carbocycles. The molecule has 19 heavy (non-hydrogen) atoms. The third-order valence-electron chi connectivity index (χ3n) is 1.63. The minimum Gasteiger partial charge on any atom is -0.463 e. The summed E-state index contributed by atoms with van der Waals surface area (Å²) in [7, 11) is 3.30. The highest BCUT2D eigenvalue weighted by Gasteiger charge is 1.91. The zero-order valence-electron chi connectivity index (χ0n) is 12.1. The molecule has 0 aromatic carbocycles. The molecule has 7 nitrogen and oxygen atoms in total. The molecule has 0 bridgehead atoms. The molecule has 0 heterocycles. The molecular formula is C12H26O7. The first-order valence-corrected chi connectivity index (χ1v) is 6.06. The third-order valence-corrected chi connectivity index (χ3v) is 1.63. The molecule has 0 aliphatic heterocycles. The van der Waals surface area contributed by atoms with Crippen LogP contribution in [0.1, 0.15) is 6.92 Å². The van der Waals surface area contributed by atoms with Crippen LogP contribution >= 0.6 is 0 Å². The van der Waals surface area contributed by atoms with Crippen molar-refractivity contribution >= 4 is 5.97 Å². The number of carbonyl (C=O) groups excluding carboxylic acids is 1. The average molecular weight is 282 g/mol. The third kappa shape index (κ3) is 26.7. The monoisotopic (exact) mass is 282 g/mol. The van der Waals surface area contributed by atoms with Gasteiger partial charge in [0.15, 0.2) is 0 Å². The summed E-state index contributed by atoms with van der Waals surface area (Å²) in [5.74, 6) is -0.312. The molecule has 0 saturated carbocycles. The Labute approximate surface area is 114 Å². The van der Waals surface area contributed by atoms with Gasteiger partial charge in [0.2, 0.25) is 0 Å². The highest BCUT2D eigenvalue weighted by Crippen LogP contribution is 1.78. The van der Waals surface area contributed by atoms with Crippen molar-refractivity contribution in [2.75, 3.05) is 67.1 Å². The summed E-state index contributed by atoms with van der Waals surface area (Å²) in [6, 6.07) is 0. The van der Waals surface area contributed by atoms with Gasteiger partial charge in [-0.3, -0.25) is 4.79 Å². The summed E-state index contributed by atoms with van der Waals surface area (Å²) in [5, 5.41) is 8.24. The second kappa shape index (κ2) is 19.6. The van der Waals surface area contributed by atoms with Crippen LogP contribution in [0.4, 0.5) is 0 Å². The van der Waals surface area contributed by atoms with Gasteiger partial charge in [0.1, 0.15) is 6.61 Å². The van der Waals surface area contributed by atoms with Crippen LogP contribution in [0.5, 0.6) is 0 Å². The number of aliphatic hydroxyl groups is 1. The zero-order chi connectivity index (χ0) is 14.8. The summed E-state index contributed by atoms with van der Waals surface area (Å²) in [4.78, 5) is 10.1. The molecule has 0 aliphatic rings. The second-order valence-corrected chi connectivity index (χ2v) is 3.27. The number of carbonyl (C=O) groups is 1. The van der Waals surface area contributed by atoms with Crippen molar-refractivity contribution in [3.8, 4) is 0 Å². The lowest BCUT2D eigenvalue weighted by Crippen LogP contribution is -2.09. The maximum absolute atomic E-state index is 10.1. The zero-order valence-corrected chi connectivity index (χ0v) is 12.1. The van der Waals surface area contributed by atoms with E-state index in [1.807, 2.05) is 0 Å². The van der Waals surface area contributed by atoms with Gasteiger partial charge in [-0.1, -0.05) is 0 Å². The van der Waals surface area contributed by atoms with Crippen LogP contribution < -0.4 is 0 Å². The van der Waals surface area contributed by atoms with E-state index in [1.165, 1.54) is 6.92 Å². The first-order valence-electron chi connectivity index (χ1n) is 6.06. The fourth-order valence-electron chi connectivity index (χ4n) is 0.798. The van der Waals surface area contributed by atoms with E-state index >= 15 is 0 Å². The summed E-state index contributed by atoms with van der Waals surface area (Å²) >= 11 is 0. The van der Waals surface area contributed by atoms with Crippen LogP contribution in [0.25, 0.3) is 0 Å². The average Bonchev–Trinajstić information content (AvgIpc) is 2.39. The van der Waals surface area contributed by atoms with Gasteiger partial charge < -0.3 is 28.8 Å². The van der Waals surface area contributed by atoms with E-state index in [9.17, 15) is 4.79 Å². The Morgan fingerprint density at radius 2 is 1.32 bits per heavy atom. The highest BCUT2D eigenvalue weighted by molar-refractivity contribution is 5.65. The fourth-order valence-corrected chi connectivity index (χ4v) is 0.798. The molecule has 0 amide bonds. The van der Waals surface area contributed by atoms with E-state index in [0.29, 0.717) is 39.6 Å². The number of hydrogen-bond acceptors (Lipinski definition) is 7. The molecular weight excluding hydrogens is 256 g/mol. The van der Waals surface area contributed by atoms with Gasteiger partial charge in [-0.15, -0.1) is 0 Å². The Balaban J connectivity index is 0. The molecule has 1 N–H and O–H groups in total. The van der Waals surface area contributed by atoms with E-state index in [2.05, 4.69) is 4.74 Å². The van der Waals surface area contributed by atoms with Crippen LogP contribution in [0.3, 0.4) is 0 Å². The van der Waals surface area contributed by atoms with Crippen LogP contribution in [-0.2, 0) is 28.5 Å². The minimum atomic E-state index is -0.312. The normalized spacial score (nSPS) is 9.68. The Hall–Kier alpha value is -0.730. The lowest BCUT2D eigenvalue weighted by molar-refractivity contribution is -0.142. The minimum absolute atomic E-state index is 0.0000709. The molecule has 7 heteroatoms.